The van der Waals surface area contributed by atoms with E-state index in [4.69, 9.17) is 9.47 Å². The number of nitrogens with one attached hydrogen (secondary N) is 2. The molecule has 0 fully saturated rings. The second kappa shape index (κ2) is 2.91. The van der Waals surface area contributed by atoms with Gasteiger partial charge in [0.15, 0.2) is 11.5 Å². The molecule has 0 amide bonds. The van der Waals surface area contributed by atoms with Crippen molar-refractivity contribution in [3.05, 3.63) is 34.7 Å². The van der Waals surface area contributed by atoms with Crippen LogP contribution in [0.25, 0.3) is 11.1 Å². The molecule has 0 saturated heterocycles. The summed E-state index contributed by atoms with van der Waals surface area (Å²) in [5.74, 6) is 1.39. The maximum absolute atomic E-state index is 11.4. The molecule has 3 rings (SSSR count). The molecule has 15 heavy (non-hydrogen) atoms. The third-order valence-corrected chi connectivity index (χ3v) is 2.33. The SMILES string of the molecule is O=c1[nH][nH]cc1-c1ccc2c(c1)OCO2. The summed E-state index contributed by atoms with van der Waals surface area (Å²) in [5, 5.41) is 5.14. The molecule has 1 aliphatic rings. The molecule has 1 aromatic heterocycles. The third-order valence-electron chi connectivity index (χ3n) is 2.33. The number of aromatic nitrogens is 2. The topological polar surface area (TPSA) is 67.1 Å². The van der Waals surface area contributed by atoms with E-state index in [9.17, 15) is 4.79 Å². The van der Waals surface area contributed by atoms with Crippen molar-refractivity contribution in [2.24, 2.45) is 0 Å². The van der Waals surface area contributed by atoms with Gasteiger partial charge in [0, 0.05) is 6.20 Å². The molecule has 0 unspecified atom stereocenters. The first kappa shape index (κ1) is 8.16. The minimum Gasteiger partial charge on any atom is -0.454 e. The van der Waals surface area contributed by atoms with Gasteiger partial charge in [-0.25, -0.2) is 0 Å². The number of fused-ring (bicyclic) bond motifs is 1. The number of aromatic amines is 2. The molecular formula is C10H8N2O3. The lowest BCUT2D eigenvalue weighted by Crippen LogP contribution is -2.00. The van der Waals surface area contributed by atoms with Gasteiger partial charge in [-0.1, -0.05) is 6.07 Å². The van der Waals surface area contributed by atoms with Crippen molar-refractivity contribution in [1.29, 1.82) is 0 Å². The average Bonchev–Trinajstić information content (AvgIpc) is 2.84. The molecule has 0 spiro atoms. The van der Waals surface area contributed by atoms with Gasteiger partial charge in [0.05, 0.1) is 5.56 Å². The van der Waals surface area contributed by atoms with E-state index in [1.165, 1.54) is 0 Å². The molecule has 0 aliphatic carbocycles. The van der Waals surface area contributed by atoms with Crippen LogP contribution in [0.15, 0.2) is 29.2 Å². The molecule has 5 nitrogen and oxygen atoms in total. The molecule has 0 bridgehead atoms. The van der Waals surface area contributed by atoms with Gasteiger partial charge in [-0.05, 0) is 17.7 Å². The van der Waals surface area contributed by atoms with Gasteiger partial charge >= 0.3 is 0 Å². The number of ether oxygens (including phenoxy) is 2. The predicted molar refractivity (Wildman–Crippen MR) is 53.0 cm³/mol. The Morgan fingerprint density at radius 2 is 2.07 bits per heavy atom. The standard InChI is InChI=1S/C10H8N2O3/c13-10-7(4-11-12-10)6-1-2-8-9(3-6)15-5-14-8/h1-4H,5H2,(H2,11,12,13). The summed E-state index contributed by atoms with van der Waals surface area (Å²) >= 11 is 0. The van der Waals surface area contributed by atoms with Crippen molar-refractivity contribution >= 4 is 0 Å². The van der Waals surface area contributed by atoms with E-state index in [1.807, 2.05) is 6.07 Å². The van der Waals surface area contributed by atoms with Crippen LogP contribution in [-0.2, 0) is 0 Å². The first-order valence-electron chi connectivity index (χ1n) is 4.51. The van der Waals surface area contributed by atoms with Gasteiger partial charge in [0.1, 0.15) is 0 Å². The van der Waals surface area contributed by atoms with E-state index in [1.54, 1.807) is 18.3 Å². The van der Waals surface area contributed by atoms with Crippen molar-refractivity contribution in [2.45, 2.75) is 0 Å². The van der Waals surface area contributed by atoms with Crippen molar-refractivity contribution < 1.29 is 9.47 Å². The van der Waals surface area contributed by atoms with E-state index >= 15 is 0 Å². The van der Waals surface area contributed by atoms with Crippen LogP contribution >= 0.6 is 0 Å². The number of hydrogen-bond donors (Lipinski definition) is 2. The Bertz CT molecular complexity index is 556. The first-order valence-corrected chi connectivity index (χ1v) is 4.51. The monoisotopic (exact) mass is 204 g/mol. The quantitative estimate of drug-likeness (QED) is 0.730. The maximum Gasteiger partial charge on any atom is 0.271 e. The van der Waals surface area contributed by atoms with Crippen LogP contribution in [0.3, 0.4) is 0 Å². The first-order chi connectivity index (χ1) is 7.34. The molecule has 2 aromatic rings. The zero-order valence-electron chi connectivity index (χ0n) is 7.74. The molecule has 2 N–H and O–H groups in total. The minimum absolute atomic E-state index is 0.145. The van der Waals surface area contributed by atoms with E-state index < -0.39 is 0 Å². The smallest absolute Gasteiger partial charge is 0.271 e. The third kappa shape index (κ3) is 1.20. The normalized spacial score (nSPS) is 13.1. The van der Waals surface area contributed by atoms with Gasteiger partial charge in [-0.15, -0.1) is 0 Å². The summed E-state index contributed by atoms with van der Waals surface area (Å²) in [6.07, 6.45) is 1.62. The van der Waals surface area contributed by atoms with E-state index in [0.29, 0.717) is 17.1 Å². The summed E-state index contributed by atoms with van der Waals surface area (Å²) in [5.41, 5.74) is 1.25. The van der Waals surface area contributed by atoms with Gasteiger partial charge in [-0.3, -0.25) is 9.89 Å². The Morgan fingerprint density at radius 1 is 1.20 bits per heavy atom. The summed E-state index contributed by atoms with van der Waals surface area (Å²) in [7, 11) is 0. The highest BCUT2D eigenvalue weighted by atomic mass is 16.7. The zero-order valence-corrected chi connectivity index (χ0v) is 7.74. The largest absolute Gasteiger partial charge is 0.454 e. The van der Waals surface area contributed by atoms with E-state index in [-0.39, 0.29) is 12.4 Å². The van der Waals surface area contributed by atoms with Gasteiger partial charge < -0.3 is 14.6 Å². The van der Waals surface area contributed by atoms with Crippen molar-refractivity contribution in [2.75, 3.05) is 6.79 Å². The maximum atomic E-state index is 11.4. The van der Waals surface area contributed by atoms with Gasteiger partial charge in [0.2, 0.25) is 6.79 Å². The fourth-order valence-electron chi connectivity index (χ4n) is 1.59. The summed E-state index contributed by atoms with van der Waals surface area (Å²) < 4.78 is 10.4. The van der Waals surface area contributed by atoms with Crippen molar-refractivity contribution in [3.8, 4) is 22.6 Å². The van der Waals surface area contributed by atoms with Gasteiger partial charge in [-0.2, -0.15) is 0 Å². The Hall–Kier alpha value is -2.17. The Morgan fingerprint density at radius 3 is 2.87 bits per heavy atom. The molecule has 0 radical (unpaired) electrons. The highest BCUT2D eigenvalue weighted by molar-refractivity contribution is 5.66. The molecule has 76 valence electrons. The Balaban J connectivity index is 2.15. The van der Waals surface area contributed by atoms with Crippen molar-refractivity contribution in [1.82, 2.24) is 10.2 Å². The van der Waals surface area contributed by atoms with Crippen LogP contribution in [0.1, 0.15) is 0 Å². The molecule has 5 heteroatoms. The average molecular weight is 204 g/mol. The fraction of sp³-hybridized carbons (Fsp3) is 0.100. The number of benzene rings is 1. The lowest BCUT2D eigenvalue weighted by atomic mass is 10.1. The van der Waals surface area contributed by atoms with Crippen LogP contribution in [0.5, 0.6) is 11.5 Å². The Labute approximate surface area is 84.6 Å². The minimum atomic E-state index is -0.145. The van der Waals surface area contributed by atoms with Crippen LogP contribution in [-0.4, -0.2) is 17.0 Å². The summed E-state index contributed by atoms with van der Waals surface area (Å²) in [4.78, 5) is 11.4. The number of rotatable bonds is 1. The molecule has 0 saturated carbocycles. The molecule has 0 atom stereocenters. The Kier molecular flexibility index (Phi) is 1.58. The molecule has 1 aliphatic heterocycles. The number of H-pyrrole nitrogens is 2. The van der Waals surface area contributed by atoms with Crippen LogP contribution < -0.4 is 15.0 Å². The molecule has 2 heterocycles. The predicted octanol–water partition coefficient (Wildman–Crippen LogP) is 1.10. The van der Waals surface area contributed by atoms with Gasteiger partial charge in [0.25, 0.3) is 5.56 Å². The number of hydrogen-bond acceptors (Lipinski definition) is 3. The fourth-order valence-corrected chi connectivity index (χ4v) is 1.59. The van der Waals surface area contributed by atoms with Crippen LogP contribution in [0.2, 0.25) is 0 Å². The summed E-state index contributed by atoms with van der Waals surface area (Å²) in [6.45, 7) is 0.238. The lowest BCUT2D eigenvalue weighted by Gasteiger charge is -1.98. The highest BCUT2D eigenvalue weighted by Gasteiger charge is 2.14. The zero-order chi connectivity index (χ0) is 10.3. The second-order valence-corrected chi connectivity index (χ2v) is 3.22. The van der Waals surface area contributed by atoms with E-state index in [0.717, 1.165) is 5.56 Å². The molecular weight excluding hydrogens is 196 g/mol. The van der Waals surface area contributed by atoms with Crippen molar-refractivity contribution in [3.63, 3.8) is 0 Å². The second-order valence-electron chi connectivity index (χ2n) is 3.22. The van der Waals surface area contributed by atoms with Crippen LogP contribution in [0, 0.1) is 0 Å². The summed E-state index contributed by atoms with van der Waals surface area (Å²) in [6, 6.07) is 5.41. The van der Waals surface area contributed by atoms with Crippen LogP contribution in [0.4, 0.5) is 0 Å². The highest BCUT2D eigenvalue weighted by Crippen LogP contribution is 2.34. The molecule has 1 aromatic carbocycles. The lowest BCUT2D eigenvalue weighted by molar-refractivity contribution is 0.174. The van der Waals surface area contributed by atoms with E-state index in [2.05, 4.69) is 10.2 Å².